The molecule has 0 radical (unpaired) electrons. The van der Waals surface area contributed by atoms with Gasteiger partial charge in [-0.1, -0.05) is 0 Å². The summed E-state index contributed by atoms with van der Waals surface area (Å²) in [4.78, 5) is 11.1. The molecule has 0 heterocycles. The molecule has 6 nitrogen and oxygen atoms in total. The summed E-state index contributed by atoms with van der Waals surface area (Å²) in [7, 11) is -4.24. The number of carbonyl (C=O) groups is 1. The lowest BCUT2D eigenvalue weighted by Crippen LogP contribution is -2.37. The minimum Gasteiger partial charge on any atom is -0.443 e. The minimum atomic E-state index is -4.24. The first-order chi connectivity index (χ1) is 7.52. The molecular weight excluding hydrogens is 253 g/mol. The van der Waals surface area contributed by atoms with Crippen molar-refractivity contribution >= 4 is 16.4 Å². The molecule has 0 aliphatic heterocycles. The molecule has 1 atom stereocenters. The fourth-order valence-electron chi connectivity index (χ4n) is 0.751. The summed E-state index contributed by atoms with van der Waals surface area (Å²) in [6.45, 7) is 5.70. The summed E-state index contributed by atoms with van der Waals surface area (Å²) >= 11 is 0. The second-order valence-corrected chi connectivity index (χ2v) is 5.80. The summed E-state index contributed by atoms with van der Waals surface area (Å²) < 4.78 is 45.3. The Hall–Kier alpha value is -0.890. The van der Waals surface area contributed by atoms with Crippen molar-refractivity contribution in [3.63, 3.8) is 0 Å². The van der Waals surface area contributed by atoms with Crippen LogP contribution in [0.15, 0.2) is 0 Å². The van der Waals surface area contributed by atoms with Crippen LogP contribution in [0, 0.1) is 0 Å². The highest BCUT2D eigenvalue weighted by Crippen LogP contribution is 2.07. The highest BCUT2D eigenvalue weighted by Gasteiger charge is 2.21. The van der Waals surface area contributed by atoms with E-state index < -0.39 is 28.2 Å². The molecule has 8 heteroatoms. The van der Waals surface area contributed by atoms with Gasteiger partial charge in [-0.25, -0.2) is 9.18 Å². The molecule has 1 amide bonds. The summed E-state index contributed by atoms with van der Waals surface area (Å²) in [5.74, 6) is 0. The average molecular weight is 271 g/mol. The Bertz CT molecular complexity index is 347. The number of hydrogen-bond acceptors (Lipinski definition) is 5. The molecule has 0 fully saturated rings. The third-order valence-electron chi connectivity index (χ3n) is 1.36. The Labute approximate surface area is 101 Å². The number of halogens is 1. The molecule has 0 aromatic carbocycles. The standard InChI is InChI=1S/C9H18FNO5S/c1-7(10)5-6-15-17(13,14)11-8(12)16-9(2,3)4/h7H,5-6H2,1-4H3,(H,11,12)/t7-/m0/s1. The zero-order chi connectivity index (χ0) is 13.7. The molecule has 1 N–H and O–H groups in total. The van der Waals surface area contributed by atoms with Crippen molar-refractivity contribution in [2.75, 3.05) is 6.61 Å². The molecule has 102 valence electrons. The second kappa shape index (κ2) is 6.15. The van der Waals surface area contributed by atoms with Crippen LogP contribution in [-0.4, -0.2) is 32.9 Å². The van der Waals surface area contributed by atoms with Crippen molar-refractivity contribution in [1.29, 1.82) is 0 Å². The molecule has 0 unspecified atom stereocenters. The van der Waals surface area contributed by atoms with E-state index in [9.17, 15) is 17.6 Å². The van der Waals surface area contributed by atoms with Crippen LogP contribution >= 0.6 is 0 Å². The lowest BCUT2D eigenvalue weighted by molar-refractivity contribution is 0.0563. The van der Waals surface area contributed by atoms with Gasteiger partial charge in [-0.15, -0.1) is 0 Å². The smallest absolute Gasteiger partial charge is 0.423 e. The summed E-state index contributed by atoms with van der Waals surface area (Å²) in [6, 6.07) is 0. The molecule has 0 saturated heterocycles. The van der Waals surface area contributed by atoms with Gasteiger partial charge in [0.1, 0.15) is 5.60 Å². The van der Waals surface area contributed by atoms with Gasteiger partial charge in [0.15, 0.2) is 0 Å². The van der Waals surface area contributed by atoms with Crippen molar-refractivity contribution in [2.45, 2.75) is 45.9 Å². The largest absolute Gasteiger partial charge is 0.443 e. The molecule has 0 rings (SSSR count). The summed E-state index contributed by atoms with van der Waals surface area (Å²) in [5, 5.41) is 0. The van der Waals surface area contributed by atoms with Gasteiger partial charge < -0.3 is 4.74 Å². The third-order valence-corrected chi connectivity index (χ3v) is 2.25. The van der Waals surface area contributed by atoms with Crippen LogP contribution in [0.4, 0.5) is 9.18 Å². The van der Waals surface area contributed by atoms with Crippen molar-refractivity contribution in [3.8, 4) is 0 Å². The number of carbonyl (C=O) groups excluding carboxylic acids is 1. The summed E-state index contributed by atoms with van der Waals surface area (Å²) in [6.07, 6.45) is -2.38. The minimum absolute atomic E-state index is 0.0742. The monoisotopic (exact) mass is 271 g/mol. The van der Waals surface area contributed by atoms with Gasteiger partial charge in [0.05, 0.1) is 12.8 Å². The Kier molecular flexibility index (Phi) is 5.83. The molecule has 0 saturated carbocycles. The van der Waals surface area contributed by atoms with E-state index in [0.717, 1.165) is 0 Å². The zero-order valence-corrected chi connectivity index (χ0v) is 11.1. The van der Waals surface area contributed by atoms with Crippen LogP contribution in [0.1, 0.15) is 34.1 Å². The van der Waals surface area contributed by atoms with Gasteiger partial charge in [0, 0.05) is 6.42 Å². The van der Waals surface area contributed by atoms with E-state index >= 15 is 0 Å². The molecule has 17 heavy (non-hydrogen) atoms. The Morgan fingerprint density at radius 2 is 1.94 bits per heavy atom. The molecule has 0 aromatic rings. The fourth-order valence-corrected chi connectivity index (χ4v) is 1.37. The van der Waals surface area contributed by atoms with E-state index in [2.05, 4.69) is 4.18 Å². The van der Waals surface area contributed by atoms with Gasteiger partial charge >= 0.3 is 16.4 Å². The van der Waals surface area contributed by atoms with E-state index in [1.165, 1.54) is 6.92 Å². The number of rotatable bonds is 5. The molecule has 0 aliphatic carbocycles. The van der Waals surface area contributed by atoms with E-state index in [1.54, 1.807) is 25.5 Å². The van der Waals surface area contributed by atoms with Gasteiger partial charge in [-0.3, -0.25) is 4.18 Å². The first-order valence-corrected chi connectivity index (χ1v) is 6.47. The van der Waals surface area contributed by atoms with Crippen LogP contribution in [0.5, 0.6) is 0 Å². The summed E-state index contributed by atoms with van der Waals surface area (Å²) in [5.41, 5.74) is -0.812. The zero-order valence-electron chi connectivity index (χ0n) is 10.3. The van der Waals surface area contributed by atoms with Crippen molar-refractivity contribution in [2.24, 2.45) is 0 Å². The Morgan fingerprint density at radius 3 is 2.35 bits per heavy atom. The maximum absolute atomic E-state index is 12.4. The maximum atomic E-state index is 12.4. The van der Waals surface area contributed by atoms with Gasteiger partial charge in [-0.2, -0.15) is 13.1 Å². The SMILES string of the molecule is C[C@H](F)CCOS(=O)(=O)NC(=O)OC(C)(C)C. The third kappa shape index (κ3) is 10.0. The number of amides is 1. The molecule has 0 aliphatic rings. The highest BCUT2D eigenvalue weighted by molar-refractivity contribution is 7.85. The number of nitrogens with one attached hydrogen (secondary N) is 1. The van der Waals surface area contributed by atoms with Crippen molar-refractivity contribution in [3.05, 3.63) is 0 Å². The quantitative estimate of drug-likeness (QED) is 0.819. The van der Waals surface area contributed by atoms with Crippen LogP contribution in [0.2, 0.25) is 0 Å². The van der Waals surface area contributed by atoms with Gasteiger partial charge in [0.2, 0.25) is 0 Å². The Morgan fingerprint density at radius 1 is 1.41 bits per heavy atom. The predicted molar refractivity (Wildman–Crippen MR) is 59.4 cm³/mol. The lowest BCUT2D eigenvalue weighted by Gasteiger charge is -2.19. The number of hydrogen-bond donors (Lipinski definition) is 1. The van der Waals surface area contributed by atoms with Crippen molar-refractivity contribution in [1.82, 2.24) is 4.72 Å². The van der Waals surface area contributed by atoms with Crippen LogP contribution in [0.3, 0.4) is 0 Å². The van der Waals surface area contributed by atoms with E-state index in [-0.39, 0.29) is 13.0 Å². The fraction of sp³-hybridized carbons (Fsp3) is 0.889. The first-order valence-electron chi connectivity index (χ1n) is 5.06. The molecule has 0 spiro atoms. The first kappa shape index (κ1) is 16.1. The molecule has 0 bridgehead atoms. The van der Waals surface area contributed by atoms with Crippen LogP contribution in [0.25, 0.3) is 0 Å². The van der Waals surface area contributed by atoms with Crippen LogP contribution < -0.4 is 4.72 Å². The van der Waals surface area contributed by atoms with E-state index in [4.69, 9.17) is 4.74 Å². The van der Waals surface area contributed by atoms with E-state index in [1.807, 2.05) is 0 Å². The molecular formula is C9H18FNO5S. The van der Waals surface area contributed by atoms with Crippen molar-refractivity contribution < 1.29 is 26.5 Å². The molecule has 0 aromatic heterocycles. The maximum Gasteiger partial charge on any atom is 0.423 e. The predicted octanol–water partition coefficient (Wildman–Crippen LogP) is 1.52. The van der Waals surface area contributed by atoms with Crippen LogP contribution in [-0.2, 0) is 19.2 Å². The topological polar surface area (TPSA) is 81.7 Å². The normalized spacial score (nSPS) is 14.2. The lowest BCUT2D eigenvalue weighted by atomic mass is 10.2. The van der Waals surface area contributed by atoms with Gasteiger partial charge in [-0.05, 0) is 27.7 Å². The highest BCUT2D eigenvalue weighted by atomic mass is 32.2. The van der Waals surface area contributed by atoms with E-state index in [0.29, 0.717) is 0 Å². The van der Waals surface area contributed by atoms with Gasteiger partial charge in [0.25, 0.3) is 0 Å². The number of alkyl halides is 1. The second-order valence-electron chi connectivity index (χ2n) is 4.45. The average Bonchev–Trinajstić information content (AvgIpc) is 1.96. The Balaban J connectivity index is 4.13. The number of ether oxygens (including phenoxy) is 1.